The van der Waals surface area contributed by atoms with E-state index in [1.54, 1.807) is 7.11 Å². The average Bonchev–Trinajstić information content (AvgIpc) is 2.28. The molecule has 0 atom stereocenters. The zero-order valence-corrected chi connectivity index (χ0v) is 14.5. The summed E-state index contributed by atoms with van der Waals surface area (Å²) in [5.41, 5.74) is 0. The topological polar surface area (TPSA) is 36.9 Å². The third-order valence-corrected chi connectivity index (χ3v) is 5.25. The average molecular weight is 298 g/mol. The van der Waals surface area contributed by atoms with Gasteiger partial charge in [0.05, 0.1) is 0 Å². The molecular weight excluding hydrogens is 268 g/mol. The molecule has 0 aromatic rings. The minimum absolute atomic E-state index is 0.440. The summed E-state index contributed by atoms with van der Waals surface area (Å²) in [6.45, 7) is 14.5. The molecule has 0 saturated heterocycles. The molecule has 0 aromatic heterocycles. The molecule has 0 bridgehead atoms. The van der Waals surface area contributed by atoms with E-state index < -0.39 is 18.1 Å². The Morgan fingerprint density at radius 1 is 0.667 bits per heavy atom. The zero-order valence-electron chi connectivity index (χ0n) is 13.0. The summed E-state index contributed by atoms with van der Waals surface area (Å²) in [4.78, 5) is 0. The van der Waals surface area contributed by atoms with Gasteiger partial charge < -0.3 is 0 Å². The Morgan fingerprint density at radius 2 is 0.944 bits per heavy atom. The van der Waals surface area contributed by atoms with E-state index in [-0.39, 0.29) is 0 Å². The van der Waals surface area contributed by atoms with Crippen LogP contribution in [-0.2, 0) is 31.4 Å². The summed E-state index contributed by atoms with van der Waals surface area (Å²) in [5.74, 6) is 1.32. The van der Waals surface area contributed by atoms with Crippen LogP contribution in [0.4, 0.5) is 0 Å². The molecule has 0 unspecified atom stereocenters. The first-order valence-corrected chi connectivity index (χ1v) is 9.33. The molecule has 0 saturated carbocycles. The molecule has 0 heterocycles. The van der Waals surface area contributed by atoms with Gasteiger partial charge in [-0.2, -0.15) is 0 Å². The van der Waals surface area contributed by atoms with Gasteiger partial charge in [0.15, 0.2) is 0 Å². The van der Waals surface area contributed by atoms with E-state index in [0.29, 0.717) is 37.6 Å². The molecule has 4 nitrogen and oxygen atoms in total. The standard InChI is InChI=1S/3C4H9O.CH3O.Ti/c3*1-4(2)3-5;1-2;/h3*4H,3H2,1-2H3;1H3;/q4*-1;+4. The van der Waals surface area contributed by atoms with Crippen molar-refractivity contribution in [1.82, 2.24) is 0 Å². The van der Waals surface area contributed by atoms with Gasteiger partial charge in [-0.1, -0.05) is 0 Å². The van der Waals surface area contributed by atoms with Gasteiger partial charge in [-0.05, 0) is 0 Å². The van der Waals surface area contributed by atoms with Crippen molar-refractivity contribution in [3.8, 4) is 0 Å². The van der Waals surface area contributed by atoms with Crippen LogP contribution in [0.5, 0.6) is 0 Å². The number of rotatable bonds is 10. The minimum atomic E-state index is -3.52. The Labute approximate surface area is 118 Å². The number of hydrogen-bond acceptors (Lipinski definition) is 4. The van der Waals surface area contributed by atoms with Crippen LogP contribution in [0.1, 0.15) is 41.5 Å². The van der Waals surface area contributed by atoms with E-state index in [4.69, 9.17) is 13.3 Å². The van der Waals surface area contributed by atoms with Gasteiger partial charge in [0, 0.05) is 0 Å². The Kier molecular flexibility index (Phi) is 9.75. The first kappa shape index (κ1) is 18.6. The monoisotopic (exact) mass is 298 g/mol. The fourth-order valence-electron chi connectivity index (χ4n) is 1.11. The van der Waals surface area contributed by atoms with Crippen molar-refractivity contribution in [2.45, 2.75) is 41.5 Å². The molecule has 110 valence electrons. The van der Waals surface area contributed by atoms with Gasteiger partial charge in [0.1, 0.15) is 0 Å². The molecule has 0 rings (SSSR count). The molecule has 0 fully saturated rings. The van der Waals surface area contributed by atoms with E-state index in [1.807, 2.05) is 0 Å². The first-order valence-electron chi connectivity index (χ1n) is 6.78. The third-order valence-electron chi connectivity index (χ3n) is 2.03. The van der Waals surface area contributed by atoms with Crippen LogP contribution in [0.15, 0.2) is 0 Å². The molecule has 0 aromatic carbocycles. The van der Waals surface area contributed by atoms with Crippen molar-refractivity contribution in [2.24, 2.45) is 17.8 Å². The molecule has 5 heteroatoms. The summed E-state index contributed by atoms with van der Waals surface area (Å²) in [7, 11) is 1.63. The van der Waals surface area contributed by atoms with Crippen LogP contribution in [0, 0.1) is 17.8 Å². The SMILES string of the molecule is C[O][Ti]([O]CC(C)C)([O]CC(C)C)[O]CC(C)C. The van der Waals surface area contributed by atoms with E-state index in [1.165, 1.54) is 0 Å². The zero-order chi connectivity index (χ0) is 14.2. The van der Waals surface area contributed by atoms with E-state index in [0.717, 1.165) is 0 Å². The van der Waals surface area contributed by atoms with Crippen LogP contribution >= 0.6 is 0 Å². The molecule has 0 N–H and O–H groups in total. The van der Waals surface area contributed by atoms with Crippen molar-refractivity contribution in [2.75, 3.05) is 26.9 Å². The van der Waals surface area contributed by atoms with Gasteiger partial charge in [0.25, 0.3) is 0 Å². The Morgan fingerprint density at radius 3 is 1.11 bits per heavy atom. The van der Waals surface area contributed by atoms with E-state index >= 15 is 0 Å². The predicted molar refractivity (Wildman–Crippen MR) is 69.4 cm³/mol. The molecule has 0 aliphatic heterocycles. The van der Waals surface area contributed by atoms with Gasteiger partial charge in [0.2, 0.25) is 0 Å². The van der Waals surface area contributed by atoms with Crippen LogP contribution in [0.2, 0.25) is 0 Å². The normalized spacial score (nSPS) is 13.0. The molecule has 0 amide bonds. The van der Waals surface area contributed by atoms with Crippen molar-refractivity contribution in [1.29, 1.82) is 0 Å². The second-order valence-corrected chi connectivity index (χ2v) is 9.37. The summed E-state index contributed by atoms with van der Waals surface area (Å²) < 4.78 is 23.1. The Bertz CT molecular complexity index is 176. The van der Waals surface area contributed by atoms with Gasteiger partial charge in [-0.15, -0.1) is 0 Å². The molecule has 0 aliphatic rings. The van der Waals surface area contributed by atoms with Crippen LogP contribution < -0.4 is 0 Å². The molecule has 0 aliphatic carbocycles. The van der Waals surface area contributed by atoms with Gasteiger partial charge in [-0.25, -0.2) is 0 Å². The van der Waals surface area contributed by atoms with Crippen LogP contribution in [0.25, 0.3) is 0 Å². The summed E-state index contributed by atoms with van der Waals surface area (Å²) in [5, 5.41) is 0. The number of hydrogen-bond donors (Lipinski definition) is 0. The Hall–Kier alpha value is 0.554. The summed E-state index contributed by atoms with van der Waals surface area (Å²) in [6.07, 6.45) is 0. The van der Waals surface area contributed by atoms with Gasteiger partial charge in [-0.3, -0.25) is 0 Å². The quantitative estimate of drug-likeness (QED) is 0.579. The van der Waals surface area contributed by atoms with E-state index in [9.17, 15) is 0 Å². The first-order chi connectivity index (χ1) is 8.31. The maximum absolute atomic E-state index is 5.86. The third kappa shape index (κ3) is 8.62. The maximum atomic E-state index is 5.86. The van der Waals surface area contributed by atoms with Crippen molar-refractivity contribution in [3.63, 3.8) is 0 Å². The molecule has 18 heavy (non-hydrogen) atoms. The predicted octanol–water partition coefficient (Wildman–Crippen LogP) is 3.46. The molecular formula is C13H30O4Ti. The van der Waals surface area contributed by atoms with Crippen LogP contribution in [-0.4, -0.2) is 26.9 Å². The molecule has 0 radical (unpaired) electrons. The summed E-state index contributed by atoms with van der Waals surface area (Å²) >= 11 is -3.52. The molecule has 0 spiro atoms. The van der Waals surface area contributed by atoms with Crippen molar-refractivity contribution >= 4 is 0 Å². The van der Waals surface area contributed by atoms with Crippen molar-refractivity contribution in [3.05, 3.63) is 0 Å². The van der Waals surface area contributed by atoms with Crippen LogP contribution in [0.3, 0.4) is 0 Å². The van der Waals surface area contributed by atoms with Gasteiger partial charge >= 0.3 is 118 Å². The second-order valence-electron chi connectivity index (χ2n) is 5.82. The van der Waals surface area contributed by atoms with E-state index in [2.05, 4.69) is 41.5 Å². The second kappa shape index (κ2) is 9.46. The Balaban J connectivity index is 4.49. The van der Waals surface area contributed by atoms with Crippen molar-refractivity contribution < 1.29 is 31.4 Å². The fraction of sp³-hybridized carbons (Fsp3) is 1.00. The summed E-state index contributed by atoms with van der Waals surface area (Å²) in [6, 6.07) is 0. The fourth-order valence-corrected chi connectivity index (χ4v) is 4.57.